The highest BCUT2D eigenvalue weighted by Crippen LogP contribution is 2.30. The topological polar surface area (TPSA) is 40.6 Å². The average molecular weight is 394 g/mol. The van der Waals surface area contributed by atoms with Gasteiger partial charge in [0, 0.05) is 0 Å². The molecule has 2 amide bonds. The molecule has 0 aromatic heterocycles. The maximum atomic E-state index is 13.2. The number of likely N-dealkylation sites (tertiary alicyclic amines) is 1. The maximum absolute atomic E-state index is 13.2. The van der Waals surface area contributed by atoms with E-state index in [1.54, 1.807) is 0 Å². The van der Waals surface area contributed by atoms with Crippen molar-refractivity contribution in [3.8, 4) is 0 Å². The van der Waals surface area contributed by atoms with Gasteiger partial charge in [-0.1, -0.05) is 36.8 Å². The third-order valence-corrected chi connectivity index (χ3v) is 6.22. The molecule has 0 unspecified atom stereocenters. The number of carbonyl (C=O) groups excluding carboxylic acids is 2. The van der Waals surface area contributed by atoms with E-state index in [0.29, 0.717) is 11.6 Å². The molecular formula is C24H27FN2O2. The number of nitrogens with zero attached hydrogens (tertiary/aromatic N) is 2. The zero-order chi connectivity index (χ0) is 20.2. The molecule has 4 rings (SSSR count). The fourth-order valence-corrected chi connectivity index (χ4v) is 4.56. The fraction of sp³-hybridized carbons (Fsp3) is 0.417. The number of aryl methyl sites for hydroxylation is 1. The van der Waals surface area contributed by atoms with E-state index in [0.717, 1.165) is 32.4 Å². The van der Waals surface area contributed by atoms with E-state index in [1.807, 2.05) is 6.07 Å². The smallest absolute Gasteiger partial charge is 0.251 e. The molecule has 0 radical (unpaired) electrons. The lowest BCUT2D eigenvalue weighted by atomic mass is 9.90. The number of carbonyl (C=O) groups is 2. The van der Waals surface area contributed by atoms with Crippen LogP contribution in [0, 0.1) is 11.7 Å². The number of piperidine rings is 1. The van der Waals surface area contributed by atoms with Crippen LogP contribution in [0.5, 0.6) is 0 Å². The highest BCUT2D eigenvalue weighted by molar-refractivity contribution is 6.22. The number of rotatable bonds is 6. The number of imide groups is 1. The summed E-state index contributed by atoms with van der Waals surface area (Å²) in [5.74, 6) is -0.0603. The molecule has 29 heavy (non-hydrogen) atoms. The Labute approximate surface area is 171 Å². The minimum absolute atomic E-state index is 0.177. The number of anilines is 1. The number of amides is 2. The third kappa shape index (κ3) is 4.56. The Kier molecular flexibility index (Phi) is 6.05. The summed E-state index contributed by atoms with van der Waals surface area (Å²) < 4.78 is 13.2. The molecule has 5 heteroatoms. The van der Waals surface area contributed by atoms with Gasteiger partial charge in [0.2, 0.25) is 5.91 Å². The molecule has 2 saturated heterocycles. The zero-order valence-corrected chi connectivity index (χ0v) is 16.6. The summed E-state index contributed by atoms with van der Waals surface area (Å²) >= 11 is 0. The number of benzene rings is 2. The van der Waals surface area contributed by atoms with E-state index >= 15 is 0 Å². The monoisotopic (exact) mass is 394 g/mol. The predicted octanol–water partition coefficient (Wildman–Crippen LogP) is 4.19. The van der Waals surface area contributed by atoms with Crippen molar-refractivity contribution in [3.63, 3.8) is 0 Å². The molecule has 2 aromatic carbocycles. The Morgan fingerprint density at radius 3 is 2.31 bits per heavy atom. The minimum Gasteiger partial charge on any atom is -0.292 e. The summed E-state index contributed by atoms with van der Waals surface area (Å²) in [6.07, 6.45) is 5.88. The minimum atomic E-state index is -0.377. The van der Waals surface area contributed by atoms with Gasteiger partial charge in [0.05, 0.1) is 18.2 Å². The molecule has 4 nitrogen and oxygen atoms in total. The van der Waals surface area contributed by atoms with Crippen molar-refractivity contribution in [2.75, 3.05) is 18.0 Å². The van der Waals surface area contributed by atoms with Gasteiger partial charge in [0.25, 0.3) is 5.91 Å². The Hall–Kier alpha value is -2.53. The van der Waals surface area contributed by atoms with Crippen molar-refractivity contribution in [3.05, 3.63) is 66.0 Å². The summed E-state index contributed by atoms with van der Waals surface area (Å²) in [4.78, 5) is 28.7. The normalized spacial score (nSPS) is 21.1. The van der Waals surface area contributed by atoms with Gasteiger partial charge >= 0.3 is 0 Å². The van der Waals surface area contributed by atoms with E-state index in [-0.39, 0.29) is 30.1 Å². The lowest BCUT2D eigenvalue weighted by Gasteiger charge is -2.34. The largest absolute Gasteiger partial charge is 0.292 e. The lowest BCUT2D eigenvalue weighted by Crippen LogP contribution is -2.46. The first-order valence-electron chi connectivity index (χ1n) is 10.5. The van der Waals surface area contributed by atoms with Gasteiger partial charge in [0.15, 0.2) is 0 Å². The number of hydrogen-bond acceptors (Lipinski definition) is 3. The standard InChI is InChI=1S/C24H27FN2O2/c25-20-9-11-21(12-10-20)27-23(28)17-22(24(27)29)26-15-13-19(14-16-26)8-4-7-18-5-2-1-3-6-18/h1-3,5-6,9-12,19,22H,4,7-8,13-17H2/t22-/m1/s1. The van der Waals surface area contributed by atoms with Gasteiger partial charge in [-0.25, -0.2) is 9.29 Å². The van der Waals surface area contributed by atoms with Crippen molar-refractivity contribution in [1.29, 1.82) is 0 Å². The second-order valence-electron chi connectivity index (χ2n) is 8.12. The van der Waals surface area contributed by atoms with Crippen LogP contribution in [0.1, 0.15) is 37.7 Å². The van der Waals surface area contributed by atoms with Crippen LogP contribution >= 0.6 is 0 Å². The van der Waals surface area contributed by atoms with Crippen molar-refractivity contribution in [1.82, 2.24) is 4.90 Å². The highest BCUT2D eigenvalue weighted by atomic mass is 19.1. The predicted molar refractivity (Wildman–Crippen MR) is 111 cm³/mol. The van der Waals surface area contributed by atoms with E-state index in [2.05, 4.69) is 29.2 Å². The van der Waals surface area contributed by atoms with Gasteiger partial charge in [0.1, 0.15) is 5.82 Å². The average Bonchev–Trinajstić information content (AvgIpc) is 3.04. The van der Waals surface area contributed by atoms with Crippen LogP contribution in [0.2, 0.25) is 0 Å². The van der Waals surface area contributed by atoms with Gasteiger partial charge in [-0.3, -0.25) is 14.5 Å². The van der Waals surface area contributed by atoms with Crippen LogP contribution in [0.15, 0.2) is 54.6 Å². The molecule has 1 atom stereocenters. The fourth-order valence-electron chi connectivity index (χ4n) is 4.56. The highest BCUT2D eigenvalue weighted by Gasteiger charge is 2.43. The van der Waals surface area contributed by atoms with Crippen LogP contribution < -0.4 is 4.90 Å². The SMILES string of the molecule is O=C1C[C@@H](N2CCC(CCCc3ccccc3)CC2)C(=O)N1c1ccc(F)cc1. The molecule has 0 spiro atoms. The van der Waals surface area contributed by atoms with Gasteiger partial charge in [-0.2, -0.15) is 0 Å². The molecule has 2 aliphatic heterocycles. The van der Waals surface area contributed by atoms with E-state index in [1.165, 1.54) is 47.6 Å². The van der Waals surface area contributed by atoms with Crippen molar-refractivity contribution >= 4 is 17.5 Å². The second-order valence-corrected chi connectivity index (χ2v) is 8.12. The van der Waals surface area contributed by atoms with Gasteiger partial charge < -0.3 is 0 Å². The van der Waals surface area contributed by atoms with Crippen LogP contribution in [0.25, 0.3) is 0 Å². The lowest BCUT2D eigenvalue weighted by molar-refractivity contribution is -0.123. The Morgan fingerprint density at radius 1 is 0.931 bits per heavy atom. The Balaban J connectivity index is 1.28. The summed E-state index contributed by atoms with van der Waals surface area (Å²) in [6.45, 7) is 1.72. The third-order valence-electron chi connectivity index (χ3n) is 6.22. The Bertz CT molecular complexity index is 845. The summed E-state index contributed by atoms with van der Waals surface area (Å²) in [7, 11) is 0. The van der Waals surface area contributed by atoms with Crippen LogP contribution in [0.4, 0.5) is 10.1 Å². The van der Waals surface area contributed by atoms with E-state index < -0.39 is 0 Å². The quantitative estimate of drug-likeness (QED) is 0.690. The first kappa shape index (κ1) is 19.8. The summed E-state index contributed by atoms with van der Waals surface area (Å²) in [5, 5.41) is 0. The van der Waals surface area contributed by atoms with Crippen LogP contribution in [0.3, 0.4) is 0 Å². The molecule has 0 bridgehead atoms. The first-order chi connectivity index (χ1) is 14.1. The van der Waals surface area contributed by atoms with Crippen molar-refractivity contribution in [2.45, 2.75) is 44.6 Å². The van der Waals surface area contributed by atoms with Crippen molar-refractivity contribution < 1.29 is 14.0 Å². The molecule has 0 aliphatic carbocycles. The molecule has 0 N–H and O–H groups in total. The zero-order valence-electron chi connectivity index (χ0n) is 16.6. The Morgan fingerprint density at radius 2 is 1.62 bits per heavy atom. The first-order valence-corrected chi connectivity index (χ1v) is 10.5. The van der Waals surface area contributed by atoms with Gasteiger partial charge in [-0.15, -0.1) is 0 Å². The molecule has 152 valence electrons. The summed E-state index contributed by atoms with van der Waals surface area (Å²) in [5.41, 5.74) is 1.85. The number of halogens is 1. The molecule has 2 heterocycles. The molecule has 0 saturated carbocycles. The molecule has 2 aliphatic rings. The molecular weight excluding hydrogens is 367 g/mol. The van der Waals surface area contributed by atoms with E-state index in [9.17, 15) is 14.0 Å². The van der Waals surface area contributed by atoms with Crippen molar-refractivity contribution in [2.24, 2.45) is 5.92 Å². The molecule has 2 aromatic rings. The van der Waals surface area contributed by atoms with Gasteiger partial charge in [-0.05, 0) is 74.5 Å². The number of hydrogen-bond donors (Lipinski definition) is 0. The van der Waals surface area contributed by atoms with E-state index in [4.69, 9.17) is 0 Å². The maximum Gasteiger partial charge on any atom is 0.251 e. The second kappa shape index (κ2) is 8.87. The summed E-state index contributed by atoms with van der Waals surface area (Å²) in [6, 6.07) is 15.7. The van der Waals surface area contributed by atoms with Crippen LogP contribution in [-0.2, 0) is 16.0 Å². The molecule has 2 fully saturated rings. The van der Waals surface area contributed by atoms with Crippen LogP contribution in [-0.4, -0.2) is 35.8 Å².